The highest BCUT2D eigenvalue weighted by molar-refractivity contribution is 5.85. The van der Waals surface area contributed by atoms with Crippen molar-refractivity contribution < 1.29 is 14.0 Å². The van der Waals surface area contributed by atoms with Crippen LogP contribution in [-0.4, -0.2) is 35.8 Å². The zero-order valence-corrected chi connectivity index (χ0v) is 13.7. The Morgan fingerprint density at radius 2 is 1.91 bits per heavy atom. The third kappa shape index (κ3) is 7.38. The molecule has 0 aliphatic carbocycles. The predicted octanol–water partition coefficient (Wildman–Crippen LogP) is 1.45. The number of nitrogens with one attached hydrogen (secondary N) is 1. The van der Waals surface area contributed by atoms with E-state index in [-0.39, 0.29) is 49.0 Å². The van der Waals surface area contributed by atoms with Gasteiger partial charge >= 0.3 is 0 Å². The number of benzene rings is 1. The van der Waals surface area contributed by atoms with Crippen molar-refractivity contribution in [3.8, 4) is 0 Å². The Hall–Kier alpha value is -1.66. The van der Waals surface area contributed by atoms with Crippen LogP contribution in [0.15, 0.2) is 24.3 Å². The van der Waals surface area contributed by atoms with Gasteiger partial charge in [-0.15, -0.1) is 12.4 Å². The molecule has 5 nitrogen and oxygen atoms in total. The number of nitrogens with zero attached hydrogens (tertiary/aromatic N) is 1. The minimum absolute atomic E-state index is 0. The summed E-state index contributed by atoms with van der Waals surface area (Å²) in [6, 6.07) is 5.66. The van der Waals surface area contributed by atoms with E-state index in [1.165, 1.54) is 17.0 Å². The molecule has 1 unspecified atom stereocenters. The van der Waals surface area contributed by atoms with Crippen LogP contribution in [0.5, 0.6) is 0 Å². The number of rotatable bonds is 7. The molecule has 0 bridgehead atoms. The van der Waals surface area contributed by atoms with E-state index in [1.807, 2.05) is 6.92 Å². The van der Waals surface area contributed by atoms with E-state index in [0.29, 0.717) is 13.1 Å². The Bertz CT molecular complexity index is 480. The van der Waals surface area contributed by atoms with E-state index in [0.717, 1.165) is 5.56 Å². The fourth-order valence-electron chi connectivity index (χ4n) is 1.81. The molecule has 0 aromatic heterocycles. The Morgan fingerprint density at radius 3 is 2.41 bits per heavy atom. The summed E-state index contributed by atoms with van der Waals surface area (Å²) in [6.07, 6.45) is 0.221. The van der Waals surface area contributed by atoms with Crippen LogP contribution >= 0.6 is 12.4 Å². The smallest absolute Gasteiger partial charge is 0.239 e. The van der Waals surface area contributed by atoms with Crippen LogP contribution in [0.3, 0.4) is 0 Å². The van der Waals surface area contributed by atoms with E-state index in [4.69, 9.17) is 5.73 Å². The molecular weight excluding hydrogens is 309 g/mol. The second-order valence-electron chi connectivity index (χ2n) is 4.99. The Labute approximate surface area is 136 Å². The van der Waals surface area contributed by atoms with E-state index in [9.17, 15) is 14.0 Å². The van der Waals surface area contributed by atoms with Gasteiger partial charge in [-0.2, -0.15) is 0 Å². The molecule has 0 aliphatic rings. The van der Waals surface area contributed by atoms with Crippen LogP contribution < -0.4 is 11.1 Å². The molecule has 0 radical (unpaired) electrons. The molecule has 0 saturated heterocycles. The Kier molecular flexibility index (Phi) is 9.37. The van der Waals surface area contributed by atoms with Crippen molar-refractivity contribution in [2.75, 3.05) is 13.1 Å². The number of amides is 2. The lowest BCUT2D eigenvalue weighted by molar-refractivity contribution is -0.136. The van der Waals surface area contributed by atoms with E-state index < -0.39 is 0 Å². The van der Waals surface area contributed by atoms with Crippen LogP contribution in [0.1, 0.15) is 25.8 Å². The van der Waals surface area contributed by atoms with Gasteiger partial charge in [-0.1, -0.05) is 12.1 Å². The van der Waals surface area contributed by atoms with Crippen molar-refractivity contribution in [1.29, 1.82) is 0 Å². The predicted molar refractivity (Wildman–Crippen MR) is 86.0 cm³/mol. The van der Waals surface area contributed by atoms with Crippen molar-refractivity contribution in [3.05, 3.63) is 35.6 Å². The van der Waals surface area contributed by atoms with Gasteiger partial charge in [0.05, 0.1) is 6.54 Å². The molecule has 1 atom stereocenters. The molecule has 124 valence electrons. The van der Waals surface area contributed by atoms with Gasteiger partial charge < -0.3 is 16.0 Å². The fraction of sp³-hybridized carbons (Fsp3) is 0.467. The molecule has 3 N–H and O–H groups in total. The minimum Gasteiger partial charge on any atom is -0.350 e. The second-order valence-corrected chi connectivity index (χ2v) is 4.99. The summed E-state index contributed by atoms with van der Waals surface area (Å²) in [7, 11) is 0. The lowest BCUT2D eigenvalue weighted by atomic mass is 10.2. The SMILES string of the molecule is CCN(CC(=O)NCc1ccc(F)cc1)C(=O)CC(C)N.Cl. The molecule has 0 spiro atoms. The van der Waals surface area contributed by atoms with Gasteiger partial charge in [0.2, 0.25) is 11.8 Å². The van der Waals surface area contributed by atoms with Gasteiger partial charge in [0.15, 0.2) is 0 Å². The number of hydrogen-bond donors (Lipinski definition) is 2. The molecule has 1 rings (SSSR count). The van der Waals surface area contributed by atoms with E-state index in [1.54, 1.807) is 19.1 Å². The lowest BCUT2D eigenvalue weighted by Crippen LogP contribution is -2.42. The zero-order chi connectivity index (χ0) is 15.8. The van der Waals surface area contributed by atoms with Crippen LogP contribution in [0, 0.1) is 5.82 Å². The standard InChI is InChI=1S/C15H22FN3O2.ClH/c1-3-19(15(21)8-11(2)17)10-14(20)18-9-12-4-6-13(16)7-5-12;/h4-7,11H,3,8-10,17H2,1-2H3,(H,18,20);1H. The molecule has 7 heteroatoms. The molecule has 2 amide bonds. The third-order valence-electron chi connectivity index (χ3n) is 2.97. The Balaban J connectivity index is 0.00000441. The number of carbonyl (C=O) groups is 2. The quantitative estimate of drug-likeness (QED) is 0.794. The highest BCUT2D eigenvalue weighted by atomic mass is 35.5. The van der Waals surface area contributed by atoms with Gasteiger partial charge in [-0.3, -0.25) is 9.59 Å². The summed E-state index contributed by atoms with van der Waals surface area (Å²) < 4.78 is 12.8. The number of nitrogens with two attached hydrogens (primary N) is 1. The summed E-state index contributed by atoms with van der Waals surface area (Å²) in [4.78, 5) is 25.2. The van der Waals surface area contributed by atoms with Gasteiger partial charge in [-0.05, 0) is 31.5 Å². The summed E-state index contributed by atoms with van der Waals surface area (Å²) >= 11 is 0. The van der Waals surface area contributed by atoms with Gasteiger partial charge in [0, 0.05) is 25.6 Å². The second kappa shape index (κ2) is 10.1. The maximum atomic E-state index is 12.8. The van der Waals surface area contributed by atoms with E-state index >= 15 is 0 Å². The van der Waals surface area contributed by atoms with Crippen molar-refractivity contribution in [3.63, 3.8) is 0 Å². The molecule has 0 heterocycles. The van der Waals surface area contributed by atoms with Crippen LogP contribution in [0.25, 0.3) is 0 Å². The highest BCUT2D eigenvalue weighted by Crippen LogP contribution is 2.02. The summed E-state index contributed by atoms with van der Waals surface area (Å²) in [5.41, 5.74) is 6.39. The van der Waals surface area contributed by atoms with Gasteiger partial charge in [-0.25, -0.2) is 4.39 Å². The molecule has 1 aromatic rings. The Morgan fingerprint density at radius 1 is 1.32 bits per heavy atom. The van der Waals surface area contributed by atoms with Crippen molar-refractivity contribution in [2.24, 2.45) is 5.73 Å². The number of hydrogen-bond acceptors (Lipinski definition) is 3. The number of likely N-dealkylation sites (N-methyl/N-ethyl adjacent to an activating group) is 1. The van der Waals surface area contributed by atoms with Gasteiger partial charge in [0.25, 0.3) is 0 Å². The lowest BCUT2D eigenvalue weighted by Gasteiger charge is -2.21. The van der Waals surface area contributed by atoms with Crippen molar-refractivity contribution in [2.45, 2.75) is 32.9 Å². The fourth-order valence-corrected chi connectivity index (χ4v) is 1.81. The number of carbonyl (C=O) groups excluding carboxylic acids is 2. The summed E-state index contributed by atoms with van der Waals surface area (Å²) in [6.45, 7) is 4.32. The molecule has 0 fully saturated rings. The largest absolute Gasteiger partial charge is 0.350 e. The molecular formula is C15H23ClFN3O2. The first-order valence-corrected chi connectivity index (χ1v) is 6.96. The maximum absolute atomic E-state index is 12.8. The third-order valence-corrected chi connectivity index (χ3v) is 2.97. The average Bonchev–Trinajstić information content (AvgIpc) is 2.43. The maximum Gasteiger partial charge on any atom is 0.239 e. The minimum atomic E-state index is -0.316. The van der Waals surface area contributed by atoms with Crippen LogP contribution in [0.4, 0.5) is 4.39 Å². The topological polar surface area (TPSA) is 75.4 Å². The van der Waals surface area contributed by atoms with Crippen molar-refractivity contribution >= 4 is 24.2 Å². The first-order chi connectivity index (χ1) is 9.92. The van der Waals surface area contributed by atoms with Crippen LogP contribution in [-0.2, 0) is 16.1 Å². The van der Waals surface area contributed by atoms with Gasteiger partial charge in [0.1, 0.15) is 5.82 Å². The summed E-state index contributed by atoms with van der Waals surface area (Å²) in [5, 5.41) is 2.70. The first-order valence-electron chi connectivity index (χ1n) is 6.96. The summed E-state index contributed by atoms with van der Waals surface area (Å²) in [5.74, 6) is -0.702. The monoisotopic (exact) mass is 331 g/mol. The molecule has 0 saturated carbocycles. The average molecular weight is 332 g/mol. The van der Waals surface area contributed by atoms with E-state index in [2.05, 4.69) is 5.32 Å². The first kappa shape index (κ1) is 20.3. The molecule has 1 aromatic carbocycles. The zero-order valence-electron chi connectivity index (χ0n) is 12.8. The normalized spacial score (nSPS) is 11.3. The molecule has 22 heavy (non-hydrogen) atoms. The van der Waals surface area contributed by atoms with Crippen LogP contribution in [0.2, 0.25) is 0 Å². The highest BCUT2D eigenvalue weighted by Gasteiger charge is 2.16. The molecule has 0 aliphatic heterocycles. The number of halogens is 2. The van der Waals surface area contributed by atoms with Crippen molar-refractivity contribution in [1.82, 2.24) is 10.2 Å².